The summed E-state index contributed by atoms with van der Waals surface area (Å²) in [4.78, 5) is 5.38. The molecule has 0 unspecified atom stereocenters. The van der Waals surface area contributed by atoms with E-state index < -0.39 is 0 Å². The van der Waals surface area contributed by atoms with Gasteiger partial charge in [-0.2, -0.15) is 4.98 Å². The van der Waals surface area contributed by atoms with Crippen molar-refractivity contribution in [2.24, 2.45) is 0 Å². The molecule has 16 heavy (non-hydrogen) atoms. The van der Waals surface area contributed by atoms with E-state index in [1.165, 1.54) is 5.56 Å². The zero-order chi connectivity index (χ0) is 10.8. The molecule has 3 aromatic rings. The zero-order valence-electron chi connectivity index (χ0n) is 8.41. The van der Waals surface area contributed by atoms with Gasteiger partial charge in [0.1, 0.15) is 0 Å². The van der Waals surface area contributed by atoms with Gasteiger partial charge < -0.3 is 0 Å². The Bertz CT molecular complexity index is 557. The minimum atomic E-state index is 0.843. The van der Waals surface area contributed by atoms with E-state index in [0.29, 0.717) is 0 Å². The molecular formula is C11H9N3S2. The summed E-state index contributed by atoms with van der Waals surface area (Å²) in [5.74, 6) is 0.915. The lowest BCUT2D eigenvalue weighted by Crippen LogP contribution is -1.82. The van der Waals surface area contributed by atoms with Crippen molar-refractivity contribution in [1.82, 2.24) is 14.6 Å². The van der Waals surface area contributed by atoms with E-state index in [2.05, 4.69) is 34.3 Å². The molecule has 0 amide bonds. The third-order valence-electron chi connectivity index (χ3n) is 2.17. The summed E-state index contributed by atoms with van der Waals surface area (Å²) in [6.07, 6.45) is 1.93. The van der Waals surface area contributed by atoms with Crippen molar-refractivity contribution in [1.29, 1.82) is 0 Å². The van der Waals surface area contributed by atoms with Crippen LogP contribution in [0.15, 0.2) is 47.1 Å². The second-order valence-corrected chi connectivity index (χ2v) is 5.11. The molecule has 5 heteroatoms. The summed E-state index contributed by atoms with van der Waals surface area (Å²) >= 11 is 3.27. The molecule has 0 saturated heterocycles. The molecule has 80 valence electrons. The molecule has 0 aliphatic heterocycles. The molecule has 0 bridgehead atoms. The van der Waals surface area contributed by atoms with Crippen LogP contribution in [-0.2, 0) is 5.75 Å². The van der Waals surface area contributed by atoms with E-state index in [4.69, 9.17) is 0 Å². The maximum atomic E-state index is 4.42. The number of hydrogen-bond acceptors (Lipinski definition) is 4. The Balaban J connectivity index is 1.74. The Morgan fingerprint density at radius 1 is 1.25 bits per heavy atom. The van der Waals surface area contributed by atoms with Crippen molar-refractivity contribution in [3.8, 4) is 0 Å². The van der Waals surface area contributed by atoms with Gasteiger partial charge in [0.15, 0.2) is 0 Å². The maximum absolute atomic E-state index is 4.42. The van der Waals surface area contributed by atoms with Crippen molar-refractivity contribution in [2.75, 3.05) is 0 Å². The first-order valence-corrected chi connectivity index (χ1v) is 6.75. The number of thioether (sulfide) groups is 1. The zero-order valence-corrected chi connectivity index (χ0v) is 10.0. The molecule has 3 rings (SSSR count). The van der Waals surface area contributed by atoms with E-state index >= 15 is 0 Å². The van der Waals surface area contributed by atoms with Crippen LogP contribution in [0.2, 0.25) is 0 Å². The van der Waals surface area contributed by atoms with Crippen LogP contribution in [0.25, 0.3) is 4.96 Å². The van der Waals surface area contributed by atoms with Gasteiger partial charge in [-0.15, -0.1) is 16.4 Å². The van der Waals surface area contributed by atoms with Crippen LogP contribution in [0.4, 0.5) is 0 Å². The normalized spacial score (nSPS) is 11.0. The third kappa shape index (κ3) is 1.96. The smallest absolute Gasteiger partial charge is 0.210 e. The Morgan fingerprint density at radius 3 is 2.94 bits per heavy atom. The quantitative estimate of drug-likeness (QED) is 0.666. The average molecular weight is 247 g/mol. The van der Waals surface area contributed by atoms with Crippen LogP contribution in [0, 0.1) is 0 Å². The summed E-state index contributed by atoms with van der Waals surface area (Å²) in [6, 6.07) is 10.4. The van der Waals surface area contributed by atoms with E-state index in [1.54, 1.807) is 23.1 Å². The van der Waals surface area contributed by atoms with Gasteiger partial charge in [0.2, 0.25) is 10.1 Å². The summed E-state index contributed by atoms with van der Waals surface area (Å²) < 4.78 is 1.82. The van der Waals surface area contributed by atoms with Crippen molar-refractivity contribution in [3.05, 3.63) is 47.5 Å². The maximum Gasteiger partial charge on any atom is 0.212 e. The van der Waals surface area contributed by atoms with Crippen molar-refractivity contribution < 1.29 is 0 Å². The van der Waals surface area contributed by atoms with E-state index in [-0.39, 0.29) is 0 Å². The first-order valence-electron chi connectivity index (χ1n) is 4.88. The fourth-order valence-corrected chi connectivity index (χ4v) is 2.89. The first-order chi connectivity index (χ1) is 7.92. The molecule has 0 fully saturated rings. The molecule has 0 spiro atoms. The molecule has 1 aromatic carbocycles. The number of aromatic nitrogens is 3. The SMILES string of the molecule is c1ccc(CSc2nc3sccn3n2)cc1. The molecule has 0 radical (unpaired) electrons. The van der Waals surface area contributed by atoms with Gasteiger partial charge in [-0.25, -0.2) is 4.52 Å². The number of hydrogen-bond donors (Lipinski definition) is 0. The molecule has 3 nitrogen and oxygen atoms in total. The number of fused-ring (bicyclic) bond motifs is 1. The minimum absolute atomic E-state index is 0.843. The van der Waals surface area contributed by atoms with E-state index in [9.17, 15) is 0 Å². The highest BCUT2D eigenvalue weighted by molar-refractivity contribution is 7.98. The van der Waals surface area contributed by atoms with Crippen molar-refractivity contribution in [3.63, 3.8) is 0 Å². The lowest BCUT2D eigenvalue weighted by Gasteiger charge is -1.96. The highest BCUT2D eigenvalue weighted by Crippen LogP contribution is 2.21. The molecule has 0 saturated carbocycles. The fourth-order valence-electron chi connectivity index (χ4n) is 1.40. The third-order valence-corrected chi connectivity index (χ3v) is 3.82. The van der Waals surface area contributed by atoms with Gasteiger partial charge in [-0.3, -0.25) is 0 Å². The first kappa shape index (κ1) is 9.86. The summed E-state index contributed by atoms with van der Waals surface area (Å²) in [5, 5.41) is 7.20. The lowest BCUT2D eigenvalue weighted by atomic mass is 10.2. The van der Waals surface area contributed by atoms with Crippen LogP contribution >= 0.6 is 23.1 Å². The lowest BCUT2D eigenvalue weighted by molar-refractivity contribution is 0.893. The highest BCUT2D eigenvalue weighted by Gasteiger charge is 2.04. The van der Waals surface area contributed by atoms with Crippen LogP contribution in [-0.4, -0.2) is 14.6 Å². The van der Waals surface area contributed by atoms with E-state index in [1.807, 2.05) is 22.2 Å². The van der Waals surface area contributed by atoms with Gasteiger partial charge >= 0.3 is 0 Å². The molecule has 0 N–H and O–H groups in total. The van der Waals surface area contributed by atoms with E-state index in [0.717, 1.165) is 15.9 Å². The van der Waals surface area contributed by atoms with Crippen LogP contribution in [0.1, 0.15) is 5.56 Å². The largest absolute Gasteiger partial charge is 0.212 e. The summed E-state index contributed by atoms with van der Waals surface area (Å²) in [7, 11) is 0. The predicted octanol–water partition coefficient (Wildman–Crippen LogP) is 3.08. The molecule has 2 heterocycles. The Kier molecular flexibility index (Phi) is 2.63. The number of rotatable bonds is 3. The monoisotopic (exact) mass is 247 g/mol. The average Bonchev–Trinajstić information content (AvgIpc) is 2.88. The van der Waals surface area contributed by atoms with Gasteiger partial charge in [-0.1, -0.05) is 42.1 Å². The Morgan fingerprint density at radius 2 is 2.12 bits per heavy atom. The van der Waals surface area contributed by atoms with Crippen LogP contribution < -0.4 is 0 Å². The van der Waals surface area contributed by atoms with Gasteiger partial charge in [0.05, 0.1) is 0 Å². The molecule has 2 aromatic heterocycles. The summed E-state index contributed by atoms with van der Waals surface area (Å²) in [6.45, 7) is 0. The van der Waals surface area contributed by atoms with Gasteiger partial charge in [0, 0.05) is 17.3 Å². The fraction of sp³-hybridized carbons (Fsp3) is 0.0909. The Hall–Kier alpha value is -1.33. The number of nitrogens with zero attached hydrogens (tertiary/aromatic N) is 3. The molecular weight excluding hydrogens is 238 g/mol. The van der Waals surface area contributed by atoms with Crippen LogP contribution in [0.5, 0.6) is 0 Å². The topological polar surface area (TPSA) is 30.2 Å². The molecule has 0 atom stereocenters. The van der Waals surface area contributed by atoms with Crippen molar-refractivity contribution in [2.45, 2.75) is 10.9 Å². The molecule has 0 aliphatic rings. The second-order valence-electron chi connectivity index (χ2n) is 3.30. The minimum Gasteiger partial charge on any atom is -0.210 e. The van der Waals surface area contributed by atoms with Gasteiger partial charge in [0.25, 0.3) is 0 Å². The molecule has 0 aliphatic carbocycles. The highest BCUT2D eigenvalue weighted by atomic mass is 32.2. The van der Waals surface area contributed by atoms with Crippen molar-refractivity contribution >= 4 is 28.1 Å². The number of benzene rings is 1. The summed E-state index contributed by atoms with van der Waals surface area (Å²) in [5.41, 5.74) is 1.30. The standard InChI is InChI=1S/C11H9N3S2/c1-2-4-9(5-3-1)8-16-10-12-11-14(13-10)6-7-15-11/h1-7H,8H2. The second kappa shape index (κ2) is 4.27. The number of thiazole rings is 1. The van der Waals surface area contributed by atoms with Gasteiger partial charge in [-0.05, 0) is 5.56 Å². The van der Waals surface area contributed by atoms with Crippen LogP contribution in [0.3, 0.4) is 0 Å². The predicted molar refractivity (Wildman–Crippen MR) is 66.9 cm³/mol. The Labute approximate surface area is 101 Å².